The number of rotatable bonds is 3. The van der Waals surface area contributed by atoms with Gasteiger partial charge in [-0.3, -0.25) is 4.98 Å². The number of hydrogen-bond donors (Lipinski definition) is 1. The van der Waals surface area contributed by atoms with Gasteiger partial charge in [-0.15, -0.1) is 10.2 Å². The van der Waals surface area contributed by atoms with Gasteiger partial charge in [-0.25, -0.2) is 0 Å². The van der Waals surface area contributed by atoms with Crippen LogP contribution in [0.2, 0.25) is 0 Å². The van der Waals surface area contributed by atoms with Crippen molar-refractivity contribution in [3.05, 3.63) is 59.4 Å². The van der Waals surface area contributed by atoms with E-state index in [0.717, 1.165) is 28.3 Å². The largest absolute Gasteiger partial charge is 0.495 e. The molecular formula is C17H14N4OS. The van der Waals surface area contributed by atoms with Gasteiger partial charge in [0.25, 0.3) is 0 Å². The van der Waals surface area contributed by atoms with E-state index in [0.29, 0.717) is 5.13 Å². The van der Waals surface area contributed by atoms with Gasteiger partial charge in [0, 0.05) is 17.3 Å². The van der Waals surface area contributed by atoms with E-state index in [-0.39, 0.29) is 0 Å². The third-order valence-electron chi connectivity index (χ3n) is 3.87. The Labute approximate surface area is 137 Å². The fourth-order valence-corrected chi connectivity index (χ4v) is 3.37. The molecule has 0 atom stereocenters. The Hall–Kier alpha value is -2.73. The van der Waals surface area contributed by atoms with Gasteiger partial charge in [0.1, 0.15) is 10.8 Å². The molecule has 4 rings (SSSR count). The molecule has 23 heavy (non-hydrogen) atoms. The van der Waals surface area contributed by atoms with E-state index in [1.807, 2.05) is 12.3 Å². The van der Waals surface area contributed by atoms with Crippen molar-refractivity contribution in [2.24, 2.45) is 0 Å². The molecule has 114 valence electrons. The van der Waals surface area contributed by atoms with Gasteiger partial charge in [0.2, 0.25) is 5.13 Å². The fourth-order valence-electron chi connectivity index (χ4n) is 2.76. The van der Waals surface area contributed by atoms with E-state index in [2.05, 4.69) is 39.5 Å². The number of nitrogens with two attached hydrogens (primary N) is 1. The molecule has 6 heteroatoms. The molecular weight excluding hydrogens is 308 g/mol. The standard InChI is InChI=1S/C17H14N4OS/c1-22-13-6-12(8-19-9-13)14-5-4-10-2-3-11(7-15(10)14)16-20-21-17(18)23-16/h2-3,5-9H,4H2,1H3,(H2,18,21). The van der Waals surface area contributed by atoms with E-state index in [1.54, 1.807) is 13.3 Å². The molecule has 0 fully saturated rings. The Balaban J connectivity index is 1.77. The summed E-state index contributed by atoms with van der Waals surface area (Å²) < 4.78 is 5.28. The Morgan fingerprint density at radius 3 is 2.83 bits per heavy atom. The summed E-state index contributed by atoms with van der Waals surface area (Å²) in [6.45, 7) is 0. The number of aromatic nitrogens is 3. The number of ether oxygens (including phenoxy) is 1. The maximum atomic E-state index is 5.69. The van der Waals surface area contributed by atoms with E-state index in [4.69, 9.17) is 10.5 Å². The van der Waals surface area contributed by atoms with Crippen molar-refractivity contribution in [1.82, 2.24) is 15.2 Å². The highest BCUT2D eigenvalue weighted by Gasteiger charge is 2.18. The van der Waals surface area contributed by atoms with Crippen LogP contribution in [-0.4, -0.2) is 22.3 Å². The Bertz CT molecular complexity index is 916. The van der Waals surface area contributed by atoms with Crippen LogP contribution in [0.25, 0.3) is 16.1 Å². The number of methoxy groups -OCH3 is 1. The second kappa shape index (κ2) is 5.48. The smallest absolute Gasteiger partial charge is 0.203 e. The van der Waals surface area contributed by atoms with Crippen LogP contribution in [0.5, 0.6) is 5.75 Å². The number of allylic oxidation sites excluding steroid dienone is 1. The number of fused-ring (bicyclic) bond motifs is 1. The number of pyridine rings is 1. The zero-order valence-corrected chi connectivity index (χ0v) is 13.3. The van der Waals surface area contributed by atoms with E-state index in [9.17, 15) is 0 Å². The maximum absolute atomic E-state index is 5.69. The van der Waals surface area contributed by atoms with Crippen molar-refractivity contribution in [2.45, 2.75) is 6.42 Å². The van der Waals surface area contributed by atoms with Crippen molar-refractivity contribution in [1.29, 1.82) is 0 Å². The lowest BCUT2D eigenvalue weighted by atomic mass is 9.98. The van der Waals surface area contributed by atoms with Gasteiger partial charge < -0.3 is 10.5 Å². The molecule has 0 radical (unpaired) electrons. The van der Waals surface area contributed by atoms with Crippen LogP contribution in [0, 0.1) is 0 Å². The molecule has 5 nitrogen and oxygen atoms in total. The first-order valence-corrected chi connectivity index (χ1v) is 7.98. The number of nitrogens with zero attached hydrogens (tertiary/aromatic N) is 3. The summed E-state index contributed by atoms with van der Waals surface area (Å²) in [6, 6.07) is 8.36. The molecule has 2 aromatic heterocycles. The van der Waals surface area contributed by atoms with Gasteiger partial charge in [-0.2, -0.15) is 0 Å². The van der Waals surface area contributed by atoms with E-state index in [1.165, 1.54) is 28.0 Å². The third-order valence-corrected chi connectivity index (χ3v) is 4.68. The molecule has 0 saturated heterocycles. The topological polar surface area (TPSA) is 73.9 Å². The van der Waals surface area contributed by atoms with E-state index < -0.39 is 0 Å². The molecule has 3 aromatic rings. The highest BCUT2D eigenvalue weighted by atomic mass is 32.1. The number of benzene rings is 1. The zero-order chi connectivity index (χ0) is 15.8. The van der Waals surface area contributed by atoms with Crippen molar-refractivity contribution in [3.8, 4) is 16.3 Å². The summed E-state index contributed by atoms with van der Waals surface area (Å²) in [4.78, 5) is 4.25. The average molecular weight is 322 g/mol. The molecule has 1 aliphatic rings. The minimum absolute atomic E-state index is 0.480. The summed E-state index contributed by atoms with van der Waals surface area (Å²) in [5, 5.41) is 9.33. The van der Waals surface area contributed by atoms with Crippen LogP contribution in [-0.2, 0) is 6.42 Å². The van der Waals surface area contributed by atoms with Crippen LogP contribution >= 0.6 is 11.3 Å². The molecule has 0 amide bonds. The van der Waals surface area contributed by atoms with Crippen molar-refractivity contribution < 1.29 is 4.74 Å². The van der Waals surface area contributed by atoms with Crippen LogP contribution in [0.3, 0.4) is 0 Å². The summed E-state index contributed by atoms with van der Waals surface area (Å²) in [7, 11) is 1.65. The van der Waals surface area contributed by atoms with Crippen LogP contribution in [0.15, 0.2) is 42.7 Å². The molecule has 2 heterocycles. The zero-order valence-electron chi connectivity index (χ0n) is 12.5. The summed E-state index contributed by atoms with van der Waals surface area (Å²) in [5.41, 5.74) is 11.4. The monoisotopic (exact) mass is 322 g/mol. The van der Waals surface area contributed by atoms with Crippen molar-refractivity contribution in [3.63, 3.8) is 0 Å². The first-order chi connectivity index (χ1) is 11.2. The summed E-state index contributed by atoms with van der Waals surface area (Å²) in [6.07, 6.45) is 6.71. The Kier molecular flexibility index (Phi) is 3.31. The number of hydrogen-bond acceptors (Lipinski definition) is 6. The molecule has 0 bridgehead atoms. The molecule has 0 aliphatic heterocycles. The van der Waals surface area contributed by atoms with E-state index >= 15 is 0 Å². The number of nitrogen functional groups attached to an aromatic ring is 1. The predicted octanol–water partition coefficient (Wildman–Crippen LogP) is 3.18. The van der Waals surface area contributed by atoms with Crippen molar-refractivity contribution in [2.75, 3.05) is 12.8 Å². The Morgan fingerprint density at radius 2 is 2.04 bits per heavy atom. The summed E-state index contributed by atoms with van der Waals surface area (Å²) >= 11 is 1.39. The van der Waals surface area contributed by atoms with Crippen molar-refractivity contribution >= 4 is 22.0 Å². The normalized spacial score (nSPS) is 12.8. The molecule has 0 spiro atoms. The number of anilines is 1. The van der Waals surface area contributed by atoms with Gasteiger partial charge in [-0.05, 0) is 35.3 Å². The summed E-state index contributed by atoms with van der Waals surface area (Å²) in [5.74, 6) is 0.755. The van der Waals surface area contributed by atoms with Crippen LogP contribution in [0.4, 0.5) is 5.13 Å². The maximum Gasteiger partial charge on any atom is 0.203 e. The van der Waals surface area contributed by atoms with Gasteiger partial charge in [-0.1, -0.05) is 29.5 Å². The lowest BCUT2D eigenvalue weighted by Crippen LogP contribution is -1.91. The minimum atomic E-state index is 0.480. The first-order valence-electron chi connectivity index (χ1n) is 7.17. The quantitative estimate of drug-likeness (QED) is 0.801. The molecule has 1 aliphatic carbocycles. The fraction of sp³-hybridized carbons (Fsp3) is 0.118. The average Bonchev–Trinajstić information content (AvgIpc) is 3.20. The lowest BCUT2D eigenvalue weighted by Gasteiger charge is -2.09. The van der Waals surface area contributed by atoms with Gasteiger partial charge >= 0.3 is 0 Å². The predicted molar refractivity (Wildman–Crippen MR) is 91.3 cm³/mol. The van der Waals surface area contributed by atoms with Crippen LogP contribution < -0.4 is 10.5 Å². The molecule has 1 aromatic carbocycles. The highest BCUT2D eigenvalue weighted by molar-refractivity contribution is 7.18. The van der Waals surface area contributed by atoms with Crippen LogP contribution in [0.1, 0.15) is 16.7 Å². The molecule has 2 N–H and O–H groups in total. The highest BCUT2D eigenvalue weighted by Crippen LogP contribution is 2.36. The molecule has 0 unspecified atom stereocenters. The third kappa shape index (κ3) is 2.47. The second-order valence-electron chi connectivity index (χ2n) is 5.25. The van der Waals surface area contributed by atoms with Gasteiger partial charge in [0.05, 0.1) is 13.3 Å². The Morgan fingerprint density at radius 1 is 1.13 bits per heavy atom. The molecule has 0 saturated carbocycles. The minimum Gasteiger partial charge on any atom is -0.495 e. The second-order valence-corrected chi connectivity index (χ2v) is 6.26. The first kappa shape index (κ1) is 13.9. The SMILES string of the molecule is COc1cncc(C2=CCc3ccc(-c4nnc(N)s4)cc32)c1. The lowest BCUT2D eigenvalue weighted by molar-refractivity contribution is 0.413. The van der Waals surface area contributed by atoms with Gasteiger partial charge in [0.15, 0.2) is 0 Å².